The highest BCUT2D eigenvalue weighted by Crippen LogP contribution is 2.28. The van der Waals surface area contributed by atoms with Crippen molar-refractivity contribution < 1.29 is 53.6 Å². The van der Waals surface area contributed by atoms with E-state index in [1.807, 2.05) is 27.7 Å². The Hall–Kier alpha value is -2.69. The molecule has 0 saturated carbocycles. The number of hydrogen-bond donors (Lipinski definition) is 10. The molecular formula is C22H38N2O11S. The molecule has 208 valence electrons. The van der Waals surface area contributed by atoms with Gasteiger partial charge in [-0.05, 0) is 35.4 Å². The highest BCUT2D eigenvalue weighted by atomic mass is 32.3. The summed E-state index contributed by atoms with van der Waals surface area (Å²) in [5.41, 5.74) is 1.16. The number of phenols is 4. The van der Waals surface area contributed by atoms with E-state index in [0.717, 1.165) is 0 Å². The molecule has 0 amide bonds. The van der Waals surface area contributed by atoms with Crippen LogP contribution in [0.2, 0.25) is 0 Å². The number of aliphatic hydroxyl groups is 2. The first-order valence-electron chi connectivity index (χ1n) is 10.6. The fourth-order valence-electron chi connectivity index (χ4n) is 2.43. The van der Waals surface area contributed by atoms with E-state index >= 15 is 0 Å². The maximum atomic E-state index is 9.73. The van der Waals surface area contributed by atoms with Gasteiger partial charge in [-0.3, -0.25) is 9.11 Å². The van der Waals surface area contributed by atoms with Crippen molar-refractivity contribution in [1.82, 2.24) is 10.6 Å². The lowest BCUT2D eigenvalue weighted by atomic mass is 10.1. The van der Waals surface area contributed by atoms with Crippen LogP contribution in [0.3, 0.4) is 0 Å². The molecule has 2 atom stereocenters. The van der Waals surface area contributed by atoms with Gasteiger partial charge >= 0.3 is 10.4 Å². The third kappa shape index (κ3) is 16.9. The first-order chi connectivity index (χ1) is 16.0. The van der Waals surface area contributed by atoms with Crippen LogP contribution in [-0.2, 0) is 10.4 Å². The molecule has 0 aliphatic carbocycles. The number of aromatic hydroxyl groups is 4. The SMILES string of the molecule is CC(C)NCC(O)c1ccc(O)c(O)c1.CC(C)NCC(O)c1ccc(O)c(O)c1.O.O=S(=O)(O)O. The molecule has 2 rings (SSSR count). The molecule has 0 heterocycles. The number of benzene rings is 2. The summed E-state index contributed by atoms with van der Waals surface area (Å²) >= 11 is 0. The molecule has 0 aliphatic heterocycles. The number of hydrogen-bond acceptors (Lipinski definition) is 10. The Morgan fingerprint density at radius 3 is 1.17 bits per heavy atom. The molecule has 0 saturated heterocycles. The predicted molar refractivity (Wildman–Crippen MR) is 134 cm³/mol. The van der Waals surface area contributed by atoms with Gasteiger partial charge < -0.3 is 46.7 Å². The van der Waals surface area contributed by atoms with Gasteiger partial charge in [-0.25, -0.2) is 0 Å². The monoisotopic (exact) mass is 538 g/mol. The van der Waals surface area contributed by atoms with Gasteiger partial charge in [0.1, 0.15) is 0 Å². The summed E-state index contributed by atoms with van der Waals surface area (Å²) in [6, 6.07) is 9.22. The first kappa shape index (κ1) is 35.5. The highest BCUT2D eigenvalue weighted by Gasteiger charge is 2.11. The quantitative estimate of drug-likeness (QED) is 0.165. The molecule has 2 unspecified atom stereocenters. The summed E-state index contributed by atoms with van der Waals surface area (Å²) < 4.78 is 31.6. The van der Waals surface area contributed by atoms with E-state index in [1.165, 1.54) is 24.3 Å². The smallest absolute Gasteiger partial charge is 0.394 e. The second-order valence-electron chi connectivity index (χ2n) is 8.10. The zero-order valence-electron chi connectivity index (χ0n) is 20.5. The van der Waals surface area contributed by atoms with Crippen LogP contribution in [0.4, 0.5) is 0 Å². The first-order valence-corrected chi connectivity index (χ1v) is 12.0. The van der Waals surface area contributed by atoms with Gasteiger partial charge in [-0.1, -0.05) is 39.8 Å². The van der Waals surface area contributed by atoms with Crippen LogP contribution in [0.25, 0.3) is 0 Å². The van der Waals surface area contributed by atoms with Gasteiger partial charge in [0.2, 0.25) is 0 Å². The van der Waals surface area contributed by atoms with Crippen molar-refractivity contribution in [3.63, 3.8) is 0 Å². The molecule has 36 heavy (non-hydrogen) atoms. The summed E-state index contributed by atoms with van der Waals surface area (Å²) in [6.45, 7) is 8.79. The van der Waals surface area contributed by atoms with Gasteiger partial charge in [-0.15, -0.1) is 0 Å². The van der Waals surface area contributed by atoms with Crippen molar-refractivity contribution in [1.29, 1.82) is 0 Å². The minimum Gasteiger partial charge on any atom is -0.504 e. The molecule has 0 radical (unpaired) electrons. The van der Waals surface area contributed by atoms with E-state index in [2.05, 4.69) is 10.6 Å². The molecular weight excluding hydrogens is 500 g/mol. The molecule has 0 fully saturated rings. The van der Waals surface area contributed by atoms with Crippen LogP contribution in [0.1, 0.15) is 51.0 Å². The zero-order chi connectivity index (χ0) is 27.3. The lowest BCUT2D eigenvalue weighted by molar-refractivity contribution is 0.171. The average Bonchev–Trinajstić information content (AvgIpc) is 2.73. The fourth-order valence-corrected chi connectivity index (χ4v) is 2.43. The summed E-state index contributed by atoms with van der Waals surface area (Å²) in [5, 5.41) is 62.3. The number of aliphatic hydroxyl groups excluding tert-OH is 2. The predicted octanol–water partition coefficient (Wildman–Crippen LogP) is 0.781. The van der Waals surface area contributed by atoms with Gasteiger partial charge in [0.25, 0.3) is 0 Å². The largest absolute Gasteiger partial charge is 0.504 e. The lowest BCUT2D eigenvalue weighted by Crippen LogP contribution is -2.27. The maximum absolute atomic E-state index is 9.73. The Morgan fingerprint density at radius 2 is 0.944 bits per heavy atom. The number of phenolic OH excluding ortho intramolecular Hbond substituents is 4. The van der Waals surface area contributed by atoms with Crippen molar-refractivity contribution in [3.05, 3.63) is 47.5 Å². The molecule has 2 aromatic carbocycles. The van der Waals surface area contributed by atoms with Crippen LogP contribution in [0.5, 0.6) is 23.0 Å². The number of nitrogens with one attached hydrogen (secondary N) is 2. The Morgan fingerprint density at radius 1 is 0.667 bits per heavy atom. The van der Waals surface area contributed by atoms with Gasteiger partial charge in [0.05, 0.1) is 12.2 Å². The molecule has 0 aliphatic rings. The van der Waals surface area contributed by atoms with Gasteiger partial charge in [-0.2, -0.15) is 8.42 Å². The molecule has 13 nitrogen and oxygen atoms in total. The lowest BCUT2D eigenvalue weighted by Gasteiger charge is -2.14. The molecule has 0 spiro atoms. The van der Waals surface area contributed by atoms with Gasteiger partial charge in [0, 0.05) is 25.2 Å². The minimum atomic E-state index is -4.67. The maximum Gasteiger partial charge on any atom is 0.394 e. The van der Waals surface area contributed by atoms with Crippen LogP contribution >= 0.6 is 0 Å². The number of rotatable bonds is 8. The Bertz CT molecular complexity index is 928. The highest BCUT2D eigenvalue weighted by molar-refractivity contribution is 7.79. The molecule has 2 aromatic rings. The van der Waals surface area contributed by atoms with Crippen molar-refractivity contribution in [2.45, 2.75) is 52.0 Å². The van der Waals surface area contributed by atoms with E-state index in [4.69, 9.17) is 27.7 Å². The third-order valence-electron chi connectivity index (χ3n) is 4.21. The minimum absolute atomic E-state index is 0. The molecule has 14 heteroatoms. The van der Waals surface area contributed by atoms with E-state index in [1.54, 1.807) is 12.1 Å². The van der Waals surface area contributed by atoms with Crippen LogP contribution in [0, 0.1) is 0 Å². The normalized spacial score (nSPS) is 12.5. The summed E-state index contributed by atoms with van der Waals surface area (Å²) in [6.07, 6.45) is -1.36. The molecule has 12 N–H and O–H groups in total. The van der Waals surface area contributed by atoms with Gasteiger partial charge in [0.15, 0.2) is 23.0 Å². The second kappa shape index (κ2) is 16.9. The second-order valence-corrected chi connectivity index (χ2v) is 9.00. The van der Waals surface area contributed by atoms with Crippen molar-refractivity contribution in [2.75, 3.05) is 13.1 Å². The van der Waals surface area contributed by atoms with Crippen LogP contribution in [0.15, 0.2) is 36.4 Å². The average molecular weight is 539 g/mol. The van der Waals surface area contributed by atoms with Crippen molar-refractivity contribution >= 4 is 10.4 Å². The zero-order valence-corrected chi connectivity index (χ0v) is 21.3. The summed E-state index contributed by atoms with van der Waals surface area (Å²) in [4.78, 5) is 0. The van der Waals surface area contributed by atoms with E-state index < -0.39 is 22.6 Å². The Balaban J connectivity index is 0. The Kier molecular flexibility index (Phi) is 16.6. The third-order valence-corrected chi connectivity index (χ3v) is 4.21. The van der Waals surface area contributed by atoms with Crippen molar-refractivity contribution in [3.8, 4) is 23.0 Å². The van der Waals surface area contributed by atoms with E-state index in [9.17, 15) is 20.4 Å². The fraction of sp³-hybridized carbons (Fsp3) is 0.455. The summed E-state index contributed by atoms with van der Waals surface area (Å²) in [7, 11) is -4.67. The summed E-state index contributed by atoms with van der Waals surface area (Å²) in [5.74, 6) is -0.780. The van der Waals surface area contributed by atoms with Crippen molar-refractivity contribution in [2.24, 2.45) is 0 Å². The molecule has 0 aromatic heterocycles. The topological polar surface area (TPSA) is 252 Å². The molecule has 0 bridgehead atoms. The van der Waals surface area contributed by atoms with E-state index in [0.29, 0.717) is 36.3 Å². The standard InChI is InChI=1S/2C11H17NO3.H2O4S.H2O/c2*1-7(2)12-6-11(15)8-3-4-9(13)10(14)5-8;1-5(2,3)4;/h2*3-5,7,11-15H,6H2,1-2H3;(H2,1,2,3,4);1H2. The van der Waals surface area contributed by atoms with Crippen LogP contribution in [-0.4, -0.2) is 78.8 Å². The Labute approximate surface area is 210 Å². The van der Waals surface area contributed by atoms with E-state index in [-0.39, 0.29) is 28.5 Å². The van der Waals surface area contributed by atoms with Crippen LogP contribution < -0.4 is 10.6 Å².